The van der Waals surface area contributed by atoms with Gasteiger partial charge in [-0.1, -0.05) is 30.3 Å². The summed E-state index contributed by atoms with van der Waals surface area (Å²) in [6, 6.07) is 14.4. The molecule has 174 valence electrons. The number of rotatable bonds is 9. The maximum absolute atomic E-state index is 12.9. The van der Waals surface area contributed by atoms with Gasteiger partial charge in [-0.2, -0.15) is 4.31 Å². The molecule has 0 bridgehead atoms. The lowest BCUT2D eigenvalue weighted by molar-refractivity contribution is 0.0661. The van der Waals surface area contributed by atoms with Crippen LogP contribution in [0.1, 0.15) is 12.0 Å². The monoisotopic (exact) mass is 463 g/mol. The Morgan fingerprint density at radius 2 is 1.94 bits per heavy atom. The fraction of sp³-hybridized carbons (Fsp3) is 0.409. The minimum atomic E-state index is -3.85. The zero-order valence-electron chi connectivity index (χ0n) is 17.9. The minimum Gasteiger partial charge on any atom is -0.444 e. The normalized spacial score (nSPS) is 18.3. The Balaban J connectivity index is 1.70. The third-order valence-electron chi connectivity index (χ3n) is 5.26. The number of ether oxygens (including phenoxy) is 2. The predicted octanol–water partition coefficient (Wildman–Crippen LogP) is 1.38. The first-order valence-electron chi connectivity index (χ1n) is 10.3. The standard InChI is InChI=1S/C22H29N3O6S/c1-25(32(28,29)19-9-7-17(23)8-10-19)14-21(26)20(13-16-5-3-2-4-6-16)24-22(27)31-18-11-12-30-15-18/h2-10,18,20-21,26H,11-15,23H2,1H3,(H,24,27)/t18-,20+,21-/m1/s1. The Bertz CT molecular complexity index is 978. The predicted molar refractivity (Wildman–Crippen MR) is 119 cm³/mol. The summed E-state index contributed by atoms with van der Waals surface area (Å²) in [6.45, 7) is 0.640. The van der Waals surface area contributed by atoms with Crippen molar-refractivity contribution in [3.05, 3.63) is 60.2 Å². The molecule has 1 aliphatic rings. The number of likely N-dealkylation sites (N-methyl/N-ethyl adjacent to an activating group) is 1. The van der Waals surface area contributed by atoms with Gasteiger partial charge in [-0.05, 0) is 36.2 Å². The van der Waals surface area contributed by atoms with Gasteiger partial charge < -0.3 is 25.6 Å². The van der Waals surface area contributed by atoms with E-state index < -0.39 is 28.3 Å². The summed E-state index contributed by atoms with van der Waals surface area (Å²) in [5.74, 6) is 0. The SMILES string of the molecule is CN(C[C@@H](O)[C@H](Cc1ccccc1)NC(=O)O[C@@H]1CCOC1)S(=O)(=O)c1ccc(N)cc1. The third-order valence-corrected chi connectivity index (χ3v) is 7.10. The summed E-state index contributed by atoms with van der Waals surface area (Å²) in [4.78, 5) is 12.5. The van der Waals surface area contributed by atoms with E-state index in [1.807, 2.05) is 30.3 Å². The van der Waals surface area contributed by atoms with Crippen molar-refractivity contribution in [2.45, 2.75) is 36.0 Å². The molecule has 0 radical (unpaired) electrons. The smallest absolute Gasteiger partial charge is 0.407 e. The summed E-state index contributed by atoms with van der Waals surface area (Å²) in [6.07, 6.45) is -1.28. The molecule has 0 aromatic heterocycles. The van der Waals surface area contributed by atoms with Crippen molar-refractivity contribution in [1.29, 1.82) is 0 Å². The Hall–Kier alpha value is -2.66. The second-order valence-electron chi connectivity index (χ2n) is 7.75. The van der Waals surface area contributed by atoms with Crippen molar-refractivity contribution in [2.24, 2.45) is 0 Å². The molecule has 32 heavy (non-hydrogen) atoms. The number of anilines is 1. The lowest BCUT2D eigenvalue weighted by Crippen LogP contribution is -2.50. The maximum atomic E-state index is 12.9. The number of carbonyl (C=O) groups excluding carboxylic acids is 1. The van der Waals surface area contributed by atoms with Crippen molar-refractivity contribution in [3.8, 4) is 0 Å². The zero-order chi connectivity index (χ0) is 23.1. The van der Waals surface area contributed by atoms with Gasteiger partial charge in [-0.25, -0.2) is 13.2 Å². The summed E-state index contributed by atoms with van der Waals surface area (Å²) < 4.78 is 37.3. The molecule has 10 heteroatoms. The molecular formula is C22H29N3O6S. The van der Waals surface area contributed by atoms with Crippen LogP contribution in [0.3, 0.4) is 0 Å². The number of hydrogen-bond donors (Lipinski definition) is 3. The van der Waals surface area contributed by atoms with Crippen LogP contribution in [0.15, 0.2) is 59.5 Å². The highest BCUT2D eigenvalue weighted by molar-refractivity contribution is 7.89. The summed E-state index contributed by atoms with van der Waals surface area (Å²) in [5.41, 5.74) is 6.96. The molecule has 2 aromatic carbocycles. The highest BCUT2D eigenvalue weighted by Crippen LogP contribution is 2.18. The maximum Gasteiger partial charge on any atom is 0.407 e. The molecule has 9 nitrogen and oxygen atoms in total. The van der Waals surface area contributed by atoms with Gasteiger partial charge in [0, 0.05) is 25.7 Å². The van der Waals surface area contributed by atoms with E-state index in [2.05, 4.69) is 5.32 Å². The van der Waals surface area contributed by atoms with Crippen LogP contribution in [-0.2, 0) is 25.9 Å². The van der Waals surface area contributed by atoms with Crippen LogP contribution in [0.2, 0.25) is 0 Å². The van der Waals surface area contributed by atoms with Crippen molar-refractivity contribution in [1.82, 2.24) is 9.62 Å². The van der Waals surface area contributed by atoms with E-state index in [0.29, 0.717) is 31.7 Å². The van der Waals surface area contributed by atoms with Gasteiger partial charge in [-0.3, -0.25) is 0 Å². The lowest BCUT2D eigenvalue weighted by atomic mass is 10.0. The van der Waals surface area contributed by atoms with Crippen LogP contribution in [0.5, 0.6) is 0 Å². The van der Waals surface area contributed by atoms with E-state index in [9.17, 15) is 18.3 Å². The van der Waals surface area contributed by atoms with Crippen molar-refractivity contribution in [3.63, 3.8) is 0 Å². The molecule has 1 aliphatic heterocycles. The van der Waals surface area contributed by atoms with E-state index in [0.717, 1.165) is 9.87 Å². The molecule has 1 amide bonds. The van der Waals surface area contributed by atoms with Crippen molar-refractivity contribution in [2.75, 3.05) is 32.5 Å². The average Bonchev–Trinajstić information content (AvgIpc) is 3.27. The summed E-state index contributed by atoms with van der Waals surface area (Å²) in [7, 11) is -2.47. The average molecular weight is 464 g/mol. The third kappa shape index (κ3) is 6.42. The van der Waals surface area contributed by atoms with E-state index in [1.54, 1.807) is 0 Å². The first kappa shape index (κ1) is 24.0. The number of benzene rings is 2. The number of nitrogens with two attached hydrogens (primary N) is 1. The van der Waals surface area contributed by atoms with Crippen LogP contribution in [0.25, 0.3) is 0 Å². The van der Waals surface area contributed by atoms with Gasteiger partial charge in [0.1, 0.15) is 6.10 Å². The number of nitrogen functional groups attached to an aromatic ring is 1. The molecule has 3 rings (SSSR count). The fourth-order valence-corrected chi connectivity index (χ4v) is 4.59. The number of sulfonamides is 1. The molecule has 0 saturated carbocycles. The van der Waals surface area contributed by atoms with Crippen LogP contribution in [-0.4, -0.2) is 69.0 Å². The molecule has 2 aromatic rings. The molecule has 1 saturated heterocycles. The summed E-state index contributed by atoms with van der Waals surface area (Å²) >= 11 is 0. The van der Waals surface area contributed by atoms with Gasteiger partial charge in [-0.15, -0.1) is 0 Å². The molecule has 4 N–H and O–H groups in total. The molecule has 0 aliphatic carbocycles. The van der Waals surface area contributed by atoms with Crippen molar-refractivity contribution < 1.29 is 27.8 Å². The molecule has 0 unspecified atom stereocenters. The number of aliphatic hydroxyl groups excluding tert-OH is 1. The number of nitrogens with zero attached hydrogens (tertiary/aromatic N) is 1. The zero-order valence-corrected chi connectivity index (χ0v) is 18.7. The Morgan fingerprint density at radius 3 is 2.56 bits per heavy atom. The molecular weight excluding hydrogens is 434 g/mol. The van der Waals surface area contributed by atoms with Crippen LogP contribution in [0, 0.1) is 0 Å². The lowest BCUT2D eigenvalue weighted by Gasteiger charge is -2.28. The highest BCUT2D eigenvalue weighted by atomic mass is 32.2. The second-order valence-corrected chi connectivity index (χ2v) is 9.80. The first-order valence-corrected chi connectivity index (χ1v) is 11.8. The number of amides is 1. The quantitative estimate of drug-likeness (QED) is 0.479. The fourth-order valence-electron chi connectivity index (χ4n) is 3.40. The van der Waals surface area contributed by atoms with Gasteiger partial charge in [0.15, 0.2) is 0 Å². The number of nitrogens with one attached hydrogen (secondary N) is 1. The van der Waals surface area contributed by atoms with E-state index in [-0.39, 0.29) is 17.5 Å². The van der Waals surface area contributed by atoms with Gasteiger partial charge in [0.25, 0.3) is 0 Å². The second kappa shape index (κ2) is 10.8. The molecule has 0 spiro atoms. The van der Waals surface area contributed by atoms with Gasteiger partial charge >= 0.3 is 6.09 Å². The number of aliphatic hydroxyl groups is 1. The molecule has 3 atom stereocenters. The van der Waals surface area contributed by atoms with Crippen molar-refractivity contribution >= 4 is 21.8 Å². The number of hydrogen-bond acceptors (Lipinski definition) is 7. The van der Waals surface area contributed by atoms with Crippen LogP contribution >= 0.6 is 0 Å². The van der Waals surface area contributed by atoms with Crippen LogP contribution < -0.4 is 11.1 Å². The Morgan fingerprint density at radius 1 is 1.25 bits per heavy atom. The topological polar surface area (TPSA) is 131 Å². The first-order chi connectivity index (χ1) is 15.3. The summed E-state index contributed by atoms with van der Waals surface area (Å²) in [5, 5.41) is 13.6. The van der Waals surface area contributed by atoms with E-state index >= 15 is 0 Å². The number of alkyl carbamates (subject to hydrolysis) is 1. The van der Waals surface area contributed by atoms with E-state index in [1.165, 1.54) is 31.3 Å². The van der Waals surface area contributed by atoms with Crippen LogP contribution in [0.4, 0.5) is 10.5 Å². The largest absolute Gasteiger partial charge is 0.444 e. The van der Waals surface area contributed by atoms with Gasteiger partial charge in [0.05, 0.1) is 30.3 Å². The molecule has 1 fully saturated rings. The van der Waals surface area contributed by atoms with Gasteiger partial charge in [0.2, 0.25) is 10.0 Å². The van der Waals surface area contributed by atoms with E-state index in [4.69, 9.17) is 15.2 Å². The number of carbonyl (C=O) groups is 1. The highest BCUT2D eigenvalue weighted by Gasteiger charge is 2.30. The Labute approximate surface area is 188 Å². The minimum absolute atomic E-state index is 0.0645. The Kier molecular flexibility index (Phi) is 8.08. The molecule has 1 heterocycles.